The largest absolute Gasteiger partial charge is 0.478 e. The fraction of sp³-hybridized carbons (Fsp3) is 0.167. The van der Waals surface area contributed by atoms with Crippen molar-refractivity contribution in [2.75, 3.05) is 13.3 Å². The zero-order valence-corrected chi connectivity index (χ0v) is 16.2. The lowest BCUT2D eigenvalue weighted by molar-refractivity contribution is 0.0949. The van der Waals surface area contributed by atoms with Crippen LogP contribution in [0.15, 0.2) is 66.7 Å². The molecule has 0 fully saturated rings. The Hall–Kier alpha value is -3.51. The normalized spacial score (nSPS) is 16.7. The average molecular weight is 402 g/mol. The Balaban J connectivity index is 1.35. The quantitative estimate of drug-likeness (QED) is 0.612. The van der Waals surface area contributed by atoms with E-state index in [1.165, 1.54) is 12.1 Å². The molecular weight excluding hydrogens is 383 g/mol. The van der Waals surface area contributed by atoms with E-state index >= 15 is 0 Å². The van der Waals surface area contributed by atoms with Crippen LogP contribution < -0.4 is 9.47 Å². The summed E-state index contributed by atoms with van der Waals surface area (Å²) in [5.41, 5.74) is 3.35. The number of carbonyl (C=O) groups excluding carboxylic acids is 1. The van der Waals surface area contributed by atoms with Crippen LogP contribution >= 0.6 is 0 Å². The first-order valence-corrected chi connectivity index (χ1v) is 9.77. The zero-order chi connectivity index (χ0) is 20.5. The van der Waals surface area contributed by atoms with E-state index in [2.05, 4.69) is 9.88 Å². The molecule has 150 valence electrons. The lowest BCUT2D eigenvalue weighted by atomic mass is 10.0. The van der Waals surface area contributed by atoms with Crippen molar-refractivity contribution in [2.45, 2.75) is 13.0 Å². The predicted molar refractivity (Wildman–Crippen MR) is 110 cm³/mol. The first-order chi connectivity index (χ1) is 14.7. The highest BCUT2D eigenvalue weighted by molar-refractivity contribution is 6.15. The van der Waals surface area contributed by atoms with Crippen molar-refractivity contribution < 1.29 is 18.7 Å². The number of fused-ring (bicyclic) bond motifs is 3. The molecule has 3 aromatic rings. The van der Waals surface area contributed by atoms with Gasteiger partial charge < -0.3 is 9.47 Å². The molecule has 0 radical (unpaired) electrons. The highest BCUT2D eigenvalue weighted by Gasteiger charge is 2.33. The van der Waals surface area contributed by atoms with Crippen LogP contribution in [0.2, 0.25) is 0 Å². The van der Waals surface area contributed by atoms with Crippen LogP contribution in [-0.4, -0.2) is 28.9 Å². The van der Waals surface area contributed by atoms with E-state index in [9.17, 15) is 9.18 Å². The third-order valence-corrected chi connectivity index (χ3v) is 5.32. The predicted octanol–water partition coefficient (Wildman–Crippen LogP) is 4.23. The summed E-state index contributed by atoms with van der Waals surface area (Å²) in [6, 6.07) is 13.8. The molecule has 1 aromatic heterocycles. The first kappa shape index (κ1) is 18.5. The average Bonchev–Trinajstić information content (AvgIpc) is 3.10. The van der Waals surface area contributed by atoms with Gasteiger partial charge in [0, 0.05) is 25.5 Å². The number of hydrogen-bond donors (Lipinski definition) is 0. The number of ether oxygens (including phenoxy) is 2. The number of ketones is 1. The van der Waals surface area contributed by atoms with Gasteiger partial charge >= 0.3 is 0 Å². The second kappa shape index (κ2) is 7.72. The second-order valence-electron chi connectivity index (χ2n) is 7.34. The van der Waals surface area contributed by atoms with Gasteiger partial charge in [0.1, 0.15) is 24.0 Å². The SMILES string of the molecule is O=C1C(=Cc2ccncc2)Oc2c1ccc1c2CN(CCc2ccc(F)cc2)CO1. The number of halogens is 1. The summed E-state index contributed by atoms with van der Waals surface area (Å²) in [6.45, 7) is 1.83. The summed E-state index contributed by atoms with van der Waals surface area (Å²) < 4.78 is 25.0. The van der Waals surface area contributed by atoms with E-state index in [4.69, 9.17) is 9.47 Å². The number of aromatic nitrogens is 1. The first-order valence-electron chi connectivity index (χ1n) is 9.77. The molecule has 0 unspecified atom stereocenters. The highest BCUT2D eigenvalue weighted by atomic mass is 19.1. The molecule has 2 aliphatic rings. The highest BCUT2D eigenvalue weighted by Crippen LogP contribution is 2.42. The molecule has 0 saturated carbocycles. The Kier molecular flexibility index (Phi) is 4.77. The van der Waals surface area contributed by atoms with E-state index in [1.807, 2.05) is 18.2 Å². The molecular formula is C24H19FN2O3. The standard InChI is InChI=1S/C24H19FN2O3/c25-18-3-1-16(2-4-18)9-12-27-14-20-21(29-15-27)6-5-19-23(28)22(30-24(19)20)13-17-7-10-26-11-8-17/h1-8,10-11,13H,9,12,14-15H2. The van der Waals surface area contributed by atoms with Crippen LogP contribution in [0, 0.1) is 5.82 Å². The maximum atomic E-state index is 13.1. The Morgan fingerprint density at radius 2 is 1.87 bits per heavy atom. The summed E-state index contributed by atoms with van der Waals surface area (Å²) in [6.07, 6.45) is 5.86. The molecule has 2 aliphatic heterocycles. The molecule has 3 heterocycles. The monoisotopic (exact) mass is 402 g/mol. The van der Waals surface area contributed by atoms with Crippen molar-refractivity contribution in [2.24, 2.45) is 0 Å². The summed E-state index contributed by atoms with van der Waals surface area (Å²) in [5, 5.41) is 0. The van der Waals surface area contributed by atoms with Crippen LogP contribution in [-0.2, 0) is 13.0 Å². The van der Waals surface area contributed by atoms with Gasteiger partial charge in [0.15, 0.2) is 5.76 Å². The van der Waals surface area contributed by atoms with Gasteiger partial charge in [-0.25, -0.2) is 4.39 Å². The third-order valence-electron chi connectivity index (χ3n) is 5.32. The summed E-state index contributed by atoms with van der Waals surface area (Å²) in [7, 11) is 0. The van der Waals surface area contributed by atoms with Crippen molar-refractivity contribution in [3.8, 4) is 11.5 Å². The smallest absolute Gasteiger partial charge is 0.231 e. The zero-order valence-electron chi connectivity index (χ0n) is 16.2. The van der Waals surface area contributed by atoms with Gasteiger partial charge in [-0.1, -0.05) is 12.1 Å². The minimum absolute atomic E-state index is 0.131. The number of Topliss-reactive ketones (excluding diaryl/α,β-unsaturated/α-hetero) is 1. The third kappa shape index (κ3) is 3.57. The van der Waals surface area contributed by atoms with E-state index < -0.39 is 0 Å². The molecule has 5 nitrogen and oxygen atoms in total. The fourth-order valence-electron chi connectivity index (χ4n) is 3.70. The number of carbonyl (C=O) groups is 1. The van der Waals surface area contributed by atoms with Crippen molar-refractivity contribution in [1.29, 1.82) is 0 Å². The molecule has 0 amide bonds. The number of rotatable bonds is 4. The maximum absolute atomic E-state index is 13.1. The van der Waals surface area contributed by atoms with Gasteiger partial charge in [-0.2, -0.15) is 0 Å². The Morgan fingerprint density at radius 1 is 1.07 bits per heavy atom. The van der Waals surface area contributed by atoms with Gasteiger partial charge in [-0.3, -0.25) is 14.7 Å². The molecule has 6 heteroatoms. The number of allylic oxidation sites excluding steroid dienone is 1. The summed E-state index contributed by atoms with van der Waals surface area (Å²) >= 11 is 0. The molecule has 0 bridgehead atoms. The van der Waals surface area contributed by atoms with Crippen LogP contribution in [0.3, 0.4) is 0 Å². The minimum atomic E-state index is -0.234. The van der Waals surface area contributed by atoms with Crippen molar-refractivity contribution >= 4 is 11.9 Å². The van der Waals surface area contributed by atoms with Gasteiger partial charge in [0.2, 0.25) is 5.78 Å². The molecule has 0 spiro atoms. The van der Waals surface area contributed by atoms with Gasteiger partial charge in [0.25, 0.3) is 0 Å². The molecule has 30 heavy (non-hydrogen) atoms. The molecule has 0 atom stereocenters. The van der Waals surface area contributed by atoms with Gasteiger partial charge in [-0.15, -0.1) is 0 Å². The minimum Gasteiger partial charge on any atom is -0.478 e. The van der Waals surface area contributed by atoms with Crippen molar-refractivity contribution in [3.63, 3.8) is 0 Å². The number of hydrogen-bond acceptors (Lipinski definition) is 5. The van der Waals surface area contributed by atoms with E-state index in [0.717, 1.165) is 35.4 Å². The Labute approximate surface area is 173 Å². The molecule has 0 saturated heterocycles. The Morgan fingerprint density at radius 3 is 2.67 bits per heavy atom. The fourth-order valence-corrected chi connectivity index (χ4v) is 3.70. The van der Waals surface area contributed by atoms with E-state index in [1.54, 1.807) is 36.7 Å². The number of benzene rings is 2. The molecule has 5 rings (SSSR count). The maximum Gasteiger partial charge on any atom is 0.231 e. The second-order valence-corrected chi connectivity index (χ2v) is 7.34. The summed E-state index contributed by atoms with van der Waals surface area (Å²) in [5.74, 6) is 1.25. The number of nitrogens with zero attached hydrogens (tertiary/aromatic N) is 2. The summed E-state index contributed by atoms with van der Waals surface area (Å²) in [4.78, 5) is 18.9. The van der Waals surface area contributed by atoms with Crippen LogP contribution in [0.1, 0.15) is 27.0 Å². The number of pyridine rings is 1. The molecule has 2 aromatic carbocycles. The lowest BCUT2D eigenvalue weighted by Crippen LogP contribution is -2.33. The van der Waals surface area contributed by atoms with Crippen molar-refractivity contribution in [1.82, 2.24) is 9.88 Å². The molecule has 0 N–H and O–H groups in total. The van der Waals surface area contributed by atoms with Crippen molar-refractivity contribution in [3.05, 3.63) is 94.8 Å². The molecule has 0 aliphatic carbocycles. The topological polar surface area (TPSA) is 51.7 Å². The van der Waals surface area contributed by atoms with Gasteiger partial charge in [0.05, 0.1) is 11.1 Å². The van der Waals surface area contributed by atoms with E-state index in [-0.39, 0.29) is 11.6 Å². The van der Waals surface area contributed by atoms with E-state index in [0.29, 0.717) is 30.3 Å². The lowest BCUT2D eigenvalue weighted by Gasteiger charge is -2.29. The van der Waals surface area contributed by atoms with Crippen LogP contribution in [0.25, 0.3) is 6.08 Å². The Bertz CT molecular complexity index is 1130. The van der Waals surface area contributed by atoms with Crippen LogP contribution in [0.4, 0.5) is 4.39 Å². The van der Waals surface area contributed by atoms with Crippen LogP contribution in [0.5, 0.6) is 11.5 Å². The van der Waals surface area contributed by atoms with Gasteiger partial charge in [-0.05, 0) is 60.0 Å².